The zero-order valence-corrected chi connectivity index (χ0v) is 15.6. The van der Waals surface area contributed by atoms with Gasteiger partial charge < -0.3 is 10.2 Å². The molecule has 1 unspecified atom stereocenters. The fraction of sp³-hybridized carbons (Fsp3) is 0.471. The molecule has 0 radical (unpaired) electrons. The first-order valence-electron chi connectivity index (χ1n) is 8.30. The molecule has 1 amide bonds. The number of rotatable bonds is 6. The molecule has 2 aromatic rings. The molecule has 1 atom stereocenters. The van der Waals surface area contributed by atoms with E-state index in [9.17, 15) is 4.79 Å². The van der Waals surface area contributed by atoms with Crippen molar-refractivity contribution in [1.29, 1.82) is 0 Å². The van der Waals surface area contributed by atoms with Gasteiger partial charge in [-0.2, -0.15) is 0 Å². The van der Waals surface area contributed by atoms with Crippen molar-refractivity contribution in [3.8, 4) is 0 Å². The molecule has 1 aliphatic rings. The first-order chi connectivity index (χ1) is 11.7. The summed E-state index contributed by atoms with van der Waals surface area (Å²) < 4.78 is 0.848. The van der Waals surface area contributed by atoms with Crippen LogP contribution in [0.4, 0.5) is 10.8 Å². The quantitative estimate of drug-likeness (QED) is 0.792. The molecule has 0 bridgehead atoms. The fourth-order valence-corrected chi connectivity index (χ4v) is 4.60. The molecule has 128 valence electrons. The van der Waals surface area contributed by atoms with Gasteiger partial charge in [0, 0.05) is 18.8 Å². The van der Waals surface area contributed by atoms with Crippen LogP contribution in [0.25, 0.3) is 0 Å². The Balaban J connectivity index is 1.55. The van der Waals surface area contributed by atoms with Crippen molar-refractivity contribution in [1.82, 2.24) is 10.2 Å². The van der Waals surface area contributed by atoms with Gasteiger partial charge in [-0.05, 0) is 43.9 Å². The maximum absolute atomic E-state index is 12.3. The number of anilines is 2. The molecule has 1 aliphatic heterocycles. The van der Waals surface area contributed by atoms with Crippen LogP contribution in [-0.4, -0.2) is 34.4 Å². The number of nitrogens with zero attached hydrogens (tertiary/aromatic N) is 3. The van der Waals surface area contributed by atoms with Crippen LogP contribution < -0.4 is 10.2 Å². The number of hydrogen-bond acceptors (Lipinski definition) is 6. The molecule has 1 N–H and O–H groups in total. The molecule has 3 rings (SSSR count). The standard InChI is InChI=1S/C17H22N4OS2/c1-3-13-6-8-14(9-7-13)18-15(22)12(2)23-17-20-19-16(24-17)21-10-4-5-11-21/h6-9,12H,3-5,10-11H2,1-2H3,(H,18,22). The first kappa shape index (κ1) is 17.2. The summed E-state index contributed by atoms with van der Waals surface area (Å²) in [6.45, 7) is 6.13. The van der Waals surface area contributed by atoms with Crippen molar-refractivity contribution in [2.75, 3.05) is 23.3 Å². The second-order valence-corrected chi connectivity index (χ2v) is 8.39. The zero-order chi connectivity index (χ0) is 16.9. The van der Waals surface area contributed by atoms with E-state index in [1.165, 1.54) is 30.2 Å². The molecule has 1 saturated heterocycles. The van der Waals surface area contributed by atoms with E-state index in [4.69, 9.17) is 0 Å². The monoisotopic (exact) mass is 362 g/mol. The summed E-state index contributed by atoms with van der Waals surface area (Å²) in [5, 5.41) is 12.2. The van der Waals surface area contributed by atoms with Gasteiger partial charge in [-0.3, -0.25) is 4.79 Å². The minimum absolute atomic E-state index is 0.0119. The Kier molecular flexibility index (Phi) is 5.73. The van der Waals surface area contributed by atoms with Crippen molar-refractivity contribution >= 4 is 39.8 Å². The van der Waals surface area contributed by atoms with E-state index in [2.05, 4.69) is 27.3 Å². The van der Waals surface area contributed by atoms with Crippen LogP contribution in [0.1, 0.15) is 32.3 Å². The number of aromatic nitrogens is 2. The van der Waals surface area contributed by atoms with Gasteiger partial charge in [-0.1, -0.05) is 42.2 Å². The summed E-state index contributed by atoms with van der Waals surface area (Å²) in [6.07, 6.45) is 3.44. The molecule has 1 aromatic heterocycles. The van der Waals surface area contributed by atoms with E-state index < -0.39 is 0 Å². The minimum atomic E-state index is -0.213. The van der Waals surface area contributed by atoms with E-state index in [0.717, 1.165) is 34.7 Å². The Morgan fingerprint density at radius 2 is 2.00 bits per heavy atom. The third-order valence-electron chi connectivity index (χ3n) is 4.05. The Bertz CT molecular complexity index is 680. The summed E-state index contributed by atoms with van der Waals surface area (Å²) in [5.74, 6) is -0.0119. The lowest BCUT2D eigenvalue weighted by molar-refractivity contribution is -0.115. The third kappa shape index (κ3) is 4.27. The predicted molar refractivity (Wildman–Crippen MR) is 101 cm³/mol. The SMILES string of the molecule is CCc1ccc(NC(=O)C(C)Sc2nnc(N3CCCC3)s2)cc1. The van der Waals surface area contributed by atoms with E-state index in [1.807, 2.05) is 31.2 Å². The first-order valence-corrected chi connectivity index (χ1v) is 10.00. The molecule has 0 spiro atoms. The summed E-state index contributed by atoms with van der Waals surface area (Å²) in [6, 6.07) is 7.98. The highest BCUT2D eigenvalue weighted by Gasteiger charge is 2.20. The largest absolute Gasteiger partial charge is 0.347 e. The van der Waals surface area contributed by atoms with E-state index in [-0.39, 0.29) is 11.2 Å². The van der Waals surface area contributed by atoms with Gasteiger partial charge in [0.1, 0.15) is 0 Å². The lowest BCUT2D eigenvalue weighted by Crippen LogP contribution is -2.22. The topological polar surface area (TPSA) is 58.1 Å². The Morgan fingerprint density at radius 3 is 2.67 bits per heavy atom. The molecule has 2 heterocycles. The maximum Gasteiger partial charge on any atom is 0.237 e. The normalized spacial score (nSPS) is 15.5. The van der Waals surface area contributed by atoms with Crippen molar-refractivity contribution in [3.63, 3.8) is 0 Å². The average Bonchev–Trinajstić information content (AvgIpc) is 3.26. The van der Waals surface area contributed by atoms with Crippen LogP contribution in [-0.2, 0) is 11.2 Å². The van der Waals surface area contributed by atoms with Crippen molar-refractivity contribution in [2.24, 2.45) is 0 Å². The van der Waals surface area contributed by atoms with E-state index >= 15 is 0 Å². The molecular formula is C17H22N4OS2. The second kappa shape index (κ2) is 7.98. The van der Waals surface area contributed by atoms with Gasteiger partial charge in [0.25, 0.3) is 0 Å². The Labute approximate surface area is 150 Å². The van der Waals surface area contributed by atoms with Crippen LogP contribution >= 0.6 is 23.1 Å². The summed E-state index contributed by atoms with van der Waals surface area (Å²) >= 11 is 3.04. The second-order valence-electron chi connectivity index (χ2n) is 5.84. The van der Waals surface area contributed by atoms with Crippen molar-refractivity contribution < 1.29 is 4.79 Å². The van der Waals surface area contributed by atoms with E-state index in [1.54, 1.807) is 11.3 Å². The molecule has 24 heavy (non-hydrogen) atoms. The average molecular weight is 363 g/mol. The number of hydrogen-bond donors (Lipinski definition) is 1. The summed E-state index contributed by atoms with van der Waals surface area (Å²) in [7, 11) is 0. The van der Waals surface area contributed by atoms with Gasteiger partial charge in [0.05, 0.1) is 5.25 Å². The number of aryl methyl sites for hydroxylation is 1. The summed E-state index contributed by atoms with van der Waals surface area (Å²) in [4.78, 5) is 14.6. The van der Waals surface area contributed by atoms with Crippen molar-refractivity contribution in [3.05, 3.63) is 29.8 Å². The smallest absolute Gasteiger partial charge is 0.237 e. The highest BCUT2D eigenvalue weighted by molar-refractivity contribution is 8.02. The molecule has 0 saturated carbocycles. The van der Waals surface area contributed by atoms with Gasteiger partial charge >= 0.3 is 0 Å². The number of thioether (sulfide) groups is 1. The molecule has 1 aromatic carbocycles. The van der Waals surface area contributed by atoms with Crippen molar-refractivity contribution in [2.45, 2.75) is 42.7 Å². The fourth-order valence-electron chi connectivity index (χ4n) is 2.56. The van der Waals surface area contributed by atoms with Crippen LogP contribution in [0.5, 0.6) is 0 Å². The minimum Gasteiger partial charge on any atom is -0.347 e. The lowest BCUT2D eigenvalue weighted by Gasteiger charge is -2.11. The van der Waals surface area contributed by atoms with Gasteiger partial charge in [0.15, 0.2) is 4.34 Å². The molecule has 7 heteroatoms. The number of carbonyl (C=O) groups is 1. The molecule has 1 fully saturated rings. The van der Waals surface area contributed by atoms with Crippen LogP contribution in [0, 0.1) is 0 Å². The lowest BCUT2D eigenvalue weighted by atomic mass is 10.1. The number of amides is 1. The maximum atomic E-state index is 12.3. The highest BCUT2D eigenvalue weighted by Crippen LogP contribution is 2.32. The van der Waals surface area contributed by atoms with Crippen LogP contribution in [0.2, 0.25) is 0 Å². The van der Waals surface area contributed by atoms with Gasteiger partial charge in [-0.15, -0.1) is 10.2 Å². The van der Waals surface area contributed by atoms with E-state index in [0.29, 0.717) is 0 Å². The zero-order valence-electron chi connectivity index (χ0n) is 14.0. The Hall–Kier alpha value is -1.60. The number of carbonyl (C=O) groups excluding carboxylic acids is 1. The Morgan fingerprint density at radius 1 is 1.29 bits per heavy atom. The third-order valence-corrected chi connectivity index (χ3v) is 6.22. The number of benzene rings is 1. The van der Waals surface area contributed by atoms with Crippen LogP contribution in [0.15, 0.2) is 28.6 Å². The van der Waals surface area contributed by atoms with Gasteiger partial charge in [0.2, 0.25) is 11.0 Å². The molecular weight excluding hydrogens is 340 g/mol. The molecule has 0 aliphatic carbocycles. The van der Waals surface area contributed by atoms with Crippen LogP contribution in [0.3, 0.4) is 0 Å². The van der Waals surface area contributed by atoms with Gasteiger partial charge in [-0.25, -0.2) is 0 Å². The highest BCUT2D eigenvalue weighted by atomic mass is 32.2. The predicted octanol–water partition coefficient (Wildman–Crippen LogP) is 3.82. The number of nitrogens with one attached hydrogen (secondary N) is 1. The summed E-state index contributed by atoms with van der Waals surface area (Å²) in [5.41, 5.74) is 2.10. The molecule has 5 nitrogen and oxygen atoms in total.